The first-order valence-corrected chi connectivity index (χ1v) is 10.0. The number of nitrogens with zero attached hydrogens (tertiary/aromatic N) is 1. The van der Waals surface area contributed by atoms with Crippen LogP contribution < -0.4 is 16.2 Å². The minimum atomic E-state index is -0.680. The number of fused-ring (bicyclic) bond motifs is 1. The highest BCUT2D eigenvalue weighted by Crippen LogP contribution is 2.21. The second kappa shape index (κ2) is 9.86. The molecule has 0 saturated carbocycles. The van der Waals surface area contributed by atoms with E-state index in [2.05, 4.69) is 20.8 Å². The Morgan fingerprint density at radius 2 is 1.66 bits per heavy atom. The monoisotopic (exact) mass is 436 g/mol. The zero-order chi connectivity index (χ0) is 23.3. The van der Waals surface area contributed by atoms with Gasteiger partial charge in [-0.05, 0) is 38.0 Å². The fourth-order valence-corrected chi connectivity index (χ4v) is 3.43. The first kappa shape index (κ1) is 22.7. The lowest BCUT2D eigenvalue weighted by Crippen LogP contribution is -2.36. The van der Waals surface area contributed by atoms with Gasteiger partial charge in [0, 0.05) is 11.1 Å². The molecule has 166 valence electrons. The Labute approximate surface area is 184 Å². The lowest BCUT2D eigenvalue weighted by Gasteiger charge is -2.13. The van der Waals surface area contributed by atoms with Crippen molar-refractivity contribution in [1.82, 2.24) is 15.5 Å². The zero-order valence-electron chi connectivity index (χ0n) is 18.1. The minimum absolute atomic E-state index is 0.211. The van der Waals surface area contributed by atoms with Crippen molar-refractivity contribution in [3.05, 3.63) is 69.1 Å². The maximum absolute atomic E-state index is 12.2. The molecule has 9 heteroatoms. The number of H-pyrrole nitrogens is 1. The third kappa shape index (κ3) is 5.57. The first-order valence-electron chi connectivity index (χ1n) is 10.0. The summed E-state index contributed by atoms with van der Waals surface area (Å²) in [6.07, 6.45) is -0.211. The van der Waals surface area contributed by atoms with Crippen molar-refractivity contribution in [1.29, 1.82) is 0 Å². The van der Waals surface area contributed by atoms with Crippen LogP contribution in [-0.4, -0.2) is 41.1 Å². The van der Waals surface area contributed by atoms with Gasteiger partial charge in [-0.3, -0.25) is 19.2 Å². The van der Waals surface area contributed by atoms with E-state index in [4.69, 9.17) is 4.74 Å². The molecule has 2 amide bonds. The highest BCUT2D eigenvalue weighted by atomic mass is 16.5. The summed E-state index contributed by atoms with van der Waals surface area (Å²) in [5.41, 5.74) is 3.65. The first-order chi connectivity index (χ1) is 15.2. The van der Waals surface area contributed by atoms with Gasteiger partial charge < -0.3 is 15.4 Å². The van der Waals surface area contributed by atoms with Gasteiger partial charge in [0.2, 0.25) is 5.91 Å². The lowest BCUT2D eigenvalue weighted by molar-refractivity contribution is -0.147. The van der Waals surface area contributed by atoms with Gasteiger partial charge in [0.1, 0.15) is 0 Å². The number of aromatic nitrogens is 2. The Bertz CT molecular complexity index is 1230. The third-order valence-electron chi connectivity index (χ3n) is 4.84. The summed E-state index contributed by atoms with van der Waals surface area (Å²) in [5.74, 6) is -1.67. The molecule has 3 rings (SSSR count). The number of nitrogens with one attached hydrogen (secondary N) is 3. The molecular weight excluding hydrogens is 412 g/mol. The fourth-order valence-electron chi connectivity index (χ4n) is 3.43. The van der Waals surface area contributed by atoms with Crippen LogP contribution in [0.5, 0.6) is 0 Å². The topological polar surface area (TPSA) is 130 Å². The number of ether oxygens (including phenoxy) is 1. The molecule has 0 unspecified atom stereocenters. The summed E-state index contributed by atoms with van der Waals surface area (Å²) in [6, 6.07) is 10.7. The van der Waals surface area contributed by atoms with Crippen molar-refractivity contribution in [3.8, 4) is 0 Å². The average Bonchev–Trinajstić information content (AvgIpc) is 2.75. The highest BCUT2D eigenvalue weighted by molar-refractivity contribution is 5.96. The van der Waals surface area contributed by atoms with E-state index in [0.29, 0.717) is 22.2 Å². The van der Waals surface area contributed by atoms with E-state index in [0.717, 1.165) is 16.7 Å². The number of carbonyl (C=O) groups is 3. The SMILES string of the molecule is Cc1cc(C)c(NC(=O)CNC(=O)COC(=O)Cc2n[nH]c(=O)c3ccccc23)c(C)c1. The number of hydrogen-bond acceptors (Lipinski definition) is 6. The number of anilines is 1. The number of aromatic amines is 1. The van der Waals surface area contributed by atoms with Crippen molar-refractivity contribution in [2.24, 2.45) is 0 Å². The second-order valence-corrected chi connectivity index (χ2v) is 7.48. The van der Waals surface area contributed by atoms with Crippen molar-refractivity contribution in [2.75, 3.05) is 18.5 Å². The molecule has 0 fully saturated rings. The molecular formula is C23H24N4O5. The summed E-state index contributed by atoms with van der Waals surface area (Å²) in [7, 11) is 0. The van der Waals surface area contributed by atoms with Crippen LogP contribution in [0.2, 0.25) is 0 Å². The molecule has 0 aliphatic carbocycles. The molecule has 3 N–H and O–H groups in total. The van der Waals surface area contributed by atoms with Crippen molar-refractivity contribution < 1.29 is 19.1 Å². The van der Waals surface area contributed by atoms with Crippen LogP contribution in [0, 0.1) is 20.8 Å². The van der Waals surface area contributed by atoms with Gasteiger partial charge in [-0.25, -0.2) is 5.10 Å². The smallest absolute Gasteiger partial charge is 0.312 e. The van der Waals surface area contributed by atoms with Crippen LogP contribution >= 0.6 is 0 Å². The number of rotatable bonds is 7. The molecule has 0 atom stereocenters. The second-order valence-electron chi connectivity index (χ2n) is 7.48. The summed E-state index contributed by atoms with van der Waals surface area (Å²) >= 11 is 0. The fraction of sp³-hybridized carbons (Fsp3) is 0.261. The van der Waals surface area contributed by atoms with Gasteiger partial charge >= 0.3 is 5.97 Å². The lowest BCUT2D eigenvalue weighted by atomic mass is 10.1. The van der Waals surface area contributed by atoms with E-state index in [1.807, 2.05) is 32.9 Å². The van der Waals surface area contributed by atoms with E-state index in [9.17, 15) is 19.2 Å². The molecule has 0 saturated heterocycles. The molecule has 0 bridgehead atoms. The van der Waals surface area contributed by atoms with Crippen molar-refractivity contribution in [2.45, 2.75) is 27.2 Å². The van der Waals surface area contributed by atoms with Crippen LogP contribution in [0.25, 0.3) is 10.8 Å². The summed E-state index contributed by atoms with van der Waals surface area (Å²) in [6.45, 7) is 4.98. The minimum Gasteiger partial charge on any atom is -0.455 e. The molecule has 32 heavy (non-hydrogen) atoms. The number of hydrogen-bond donors (Lipinski definition) is 3. The number of carbonyl (C=O) groups excluding carboxylic acids is 3. The summed E-state index contributed by atoms with van der Waals surface area (Å²) in [4.78, 5) is 48.0. The Hall–Kier alpha value is -4.01. The molecule has 1 aromatic heterocycles. The quantitative estimate of drug-likeness (QED) is 0.483. The molecule has 2 aromatic carbocycles. The van der Waals surface area contributed by atoms with Gasteiger partial charge in [0.05, 0.1) is 24.0 Å². The van der Waals surface area contributed by atoms with Crippen LogP contribution in [0.15, 0.2) is 41.2 Å². The van der Waals surface area contributed by atoms with E-state index in [1.165, 1.54) is 0 Å². The maximum atomic E-state index is 12.2. The number of aryl methyl sites for hydroxylation is 3. The Kier molecular flexibility index (Phi) is 6.99. The number of esters is 1. The average molecular weight is 436 g/mol. The van der Waals surface area contributed by atoms with E-state index >= 15 is 0 Å². The van der Waals surface area contributed by atoms with Crippen LogP contribution in [0.4, 0.5) is 5.69 Å². The van der Waals surface area contributed by atoms with Crippen molar-refractivity contribution in [3.63, 3.8) is 0 Å². The van der Waals surface area contributed by atoms with E-state index in [1.54, 1.807) is 24.3 Å². The summed E-state index contributed by atoms with van der Waals surface area (Å²) in [5, 5.41) is 12.4. The molecule has 0 radical (unpaired) electrons. The Morgan fingerprint density at radius 1 is 1.00 bits per heavy atom. The highest BCUT2D eigenvalue weighted by Gasteiger charge is 2.14. The predicted molar refractivity (Wildman–Crippen MR) is 119 cm³/mol. The van der Waals surface area contributed by atoms with Crippen LogP contribution in [-0.2, 0) is 25.5 Å². The van der Waals surface area contributed by atoms with E-state index < -0.39 is 18.5 Å². The van der Waals surface area contributed by atoms with Gasteiger partial charge in [-0.15, -0.1) is 0 Å². The van der Waals surface area contributed by atoms with Gasteiger partial charge in [0.25, 0.3) is 11.5 Å². The Balaban J connectivity index is 1.48. The number of amides is 2. The molecule has 9 nitrogen and oxygen atoms in total. The van der Waals surface area contributed by atoms with Crippen LogP contribution in [0.3, 0.4) is 0 Å². The van der Waals surface area contributed by atoms with E-state index in [-0.39, 0.29) is 24.4 Å². The zero-order valence-corrected chi connectivity index (χ0v) is 18.1. The van der Waals surface area contributed by atoms with Gasteiger partial charge in [0.15, 0.2) is 6.61 Å². The Morgan fingerprint density at radius 3 is 2.34 bits per heavy atom. The molecule has 3 aromatic rings. The van der Waals surface area contributed by atoms with Gasteiger partial charge in [-0.1, -0.05) is 35.9 Å². The number of benzene rings is 2. The molecule has 0 aliphatic rings. The predicted octanol–water partition coefficient (Wildman–Crippen LogP) is 1.69. The molecule has 1 heterocycles. The standard InChI is InChI=1S/C23H24N4O5/c1-13-8-14(2)22(15(3)9-13)25-19(28)11-24-20(29)12-32-21(30)10-18-16-6-4-5-7-17(16)23(31)27-26-18/h4-9H,10-12H2,1-3H3,(H,24,29)(H,25,28)(H,27,31). The van der Waals surface area contributed by atoms with Crippen molar-refractivity contribution >= 4 is 34.2 Å². The molecule has 0 aliphatic heterocycles. The third-order valence-corrected chi connectivity index (χ3v) is 4.84. The van der Waals surface area contributed by atoms with Crippen LogP contribution in [0.1, 0.15) is 22.4 Å². The maximum Gasteiger partial charge on any atom is 0.312 e. The summed E-state index contributed by atoms with van der Waals surface area (Å²) < 4.78 is 4.97. The largest absolute Gasteiger partial charge is 0.455 e. The normalized spacial score (nSPS) is 10.6. The van der Waals surface area contributed by atoms with Gasteiger partial charge in [-0.2, -0.15) is 5.10 Å². The molecule has 0 spiro atoms.